The number of rotatable bonds is 4. The van der Waals surface area contributed by atoms with Crippen molar-refractivity contribution >= 4 is 17.1 Å². The Morgan fingerprint density at radius 2 is 2.29 bits per heavy atom. The van der Waals surface area contributed by atoms with Crippen LogP contribution < -0.4 is 5.32 Å². The van der Waals surface area contributed by atoms with Crippen molar-refractivity contribution in [2.24, 2.45) is 0 Å². The third-order valence-corrected chi connectivity index (χ3v) is 3.64. The van der Waals surface area contributed by atoms with Crippen LogP contribution in [0.25, 0.3) is 11.1 Å². The Morgan fingerprint density at radius 1 is 1.38 bits per heavy atom. The van der Waals surface area contributed by atoms with Crippen LogP contribution in [0.4, 0.5) is 0 Å². The van der Waals surface area contributed by atoms with Crippen LogP contribution in [-0.4, -0.2) is 47.1 Å². The molecule has 1 saturated heterocycles. The highest BCUT2D eigenvalue weighted by Crippen LogP contribution is 2.19. The molecular weight excluding hydrogens is 270 g/mol. The van der Waals surface area contributed by atoms with Crippen LogP contribution in [0.1, 0.15) is 17.9 Å². The molecule has 1 aromatic carbocycles. The SMILES string of the molecule is O=C(O)Cc1nc2cc(CN3CCCNCC3)ccc2o1. The van der Waals surface area contributed by atoms with Crippen molar-refractivity contribution in [2.75, 3.05) is 26.2 Å². The Balaban J connectivity index is 1.75. The molecule has 1 aromatic heterocycles. The van der Waals surface area contributed by atoms with Crippen LogP contribution in [0, 0.1) is 0 Å². The number of fused-ring (bicyclic) bond motifs is 1. The Kier molecular flexibility index (Phi) is 4.17. The molecule has 0 aliphatic carbocycles. The Hall–Kier alpha value is -1.92. The molecule has 0 bridgehead atoms. The molecule has 3 rings (SSSR count). The molecule has 0 radical (unpaired) electrons. The molecule has 0 spiro atoms. The lowest BCUT2D eigenvalue weighted by Crippen LogP contribution is -2.27. The van der Waals surface area contributed by atoms with Crippen LogP contribution in [-0.2, 0) is 17.8 Å². The second-order valence-corrected chi connectivity index (χ2v) is 5.36. The first-order chi connectivity index (χ1) is 10.2. The minimum atomic E-state index is -0.932. The lowest BCUT2D eigenvalue weighted by Gasteiger charge is -2.19. The van der Waals surface area contributed by atoms with E-state index >= 15 is 0 Å². The molecule has 2 N–H and O–H groups in total. The van der Waals surface area contributed by atoms with Gasteiger partial charge < -0.3 is 14.8 Å². The van der Waals surface area contributed by atoms with Gasteiger partial charge in [-0.1, -0.05) is 6.07 Å². The Labute approximate surface area is 122 Å². The second-order valence-electron chi connectivity index (χ2n) is 5.36. The number of aromatic nitrogens is 1. The molecule has 112 valence electrons. The van der Waals surface area contributed by atoms with Gasteiger partial charge in [0.25, 0.3) is 0 Å². The van der Waals surface area contributed by atoms with E-state index in [1.165, 1.54) is 5.56 Å². The normalized spacial score (nSPS) is 17.0. The first kappa shape index (κ1) is 14.0. The van der Waals surface area contributed by atoms with Gasteiger partial charge >= 0.3 is 5.97 Å². The molecule has 6 nitrogen and oxygen atoms in total. The number of hydrogen-bond acceptors (Lipinski definition) is 5. The molecule has 1 aliphatic heterocycles. The zero-order valence-electron chi connectivity index (χ0n) is 11.8. The standard InChI is InChI=1S/C15H19N3O3/c19-15(20)9-14-17-12-8-11(2-3-13(12)21-14)10-18-6-1-4-16-5-7-18/h2-3,8,16H,1,4-7,9-10H2,(H,19,20). The molecule has 2 heterocycles. The summed E-state index contributed by atoms with van der Waals surface area (Å²) in [6.45, 7) is 5.13. The van der Waals surface area contributed by atoms with Gasteiger partial charge in [-0.05, 0) is 37.2 Å². The van der Waals surface area contributed by atoms with E-state index in [0.29, 0.717) is 5.58 Å². The van der Waals surface area contributed by atoms with Crippen molar-refractivity contribution in [2.45, 2.75) is 19.4 Å². The lowest BCUT2D eigenvalue weighted by molar-refractivity contribution is -0.136. The van der Waals surface area contributed by atoms with E-state index in [1.54, 1.807) is 0 Å². The molecule has 21 heavy (non-hydrogen) atoms. The molecule has 0 amide bonds. The van der Waals surface area contributed by atoms with E-state index in [2.05, 4.69) is 15.2 Å². The lowest BCUT2D eigenvalue weighted by atomic mass is 10.2. The second kappa shape index (κ2) is 6.24. The number of nitrogens with one attached hydrogen (secondary N) is 1. The van der Waals surface area contributed by atoms with E-state index in [4.69, 9.17) is 9.52 Å². The number of aliphatic carboxylic acids is 1. The summed E-state index contributed by atoms with van der Waals surface area (Å²) in [7, 11) is 0. The summed E-state index contributed by atoms with van der Waals surface area (Å²) in [5, 5.41) is 12.2. The van der Waals surface area contributed by atoms with Crippen molar-refractivity contribution < 1.29 is 14.3 Å². The average molecular weight is 289 g/mol. The van der Waals surface area contributed by atoms with Gasteiger partial charge in [-0.15, -0.1) is 0 Å². The summed E-state index contributed by atoms with van der Waals surface area (Å²) < 4.78 is 5.43. The van der Waals surface area contributed by atoms with Crippen LogP contribution >= 0.6 is 0 Å². The fourth-order valence-corrected chi connectivity index (χ4v) is 2.64. The quantitative estimate of drug-likeness (QED) is 0.882. The topological polar surface area (TPSA) is 78.6 Å². The molecule has 6 heteroatoms. The predicted octanol–water partition coefficient (Wildman–Crippen LogP) is 1.25. The summed E-state index contributed by atoms with van der Waals surface area (Å²) in [4.78, 5) is 17.4. The van der Waals surface area contributed by atoms with E-state index in [0.717, 1.165) is 44.7 Å². The highest BCUT2D eigenvalue weighted by atomic mass is 16.4. The molecule has 0 atom stereocenters. The number of hydrogen-bond donors (Lipinski definition) is 2. The van der Waals surface area contributed by atoms with Gasteiger partial charge in [-0.2, -0.15) is 0 Å². The summed E-state index contributed by atoms with van der Waals surface area (Å²) in [6.07, 6.45) is 0.983. The van der Waals surface area contributed by atoms with Crippen LogP contribution in [0.3, 0.4) is 0 Å². The fourth-order valence-electron chi connectivity index (χ4n) is 2.64. The number of nitrogens with zero attached hydrogens (tertiary/aromatic N) is 2. The molecule has 1 fully saturated rings. The van der Waals surface area contributed by atoms with Gasteiger partial charge in [0.2, 0.25) is 5.89 Å². The first-order valence-corrected chi connectivity index (χ1v) is 7.24. The van der Waals surface area contributed by atoms with Gasteiger partial charge in [0.15, 0.2) is 5.58 Å². The third-order valence-electron chi connectivity index (χ3n) is 3.64. The molecule has 1 aliphatic rings. The molecule has 0 saturated carbocycles. The first-order valence-electron chi connectivity index (χ1n) is 7.24. The number of carbonyl (C=O) groups is 1. The summed E-state index contributed by atoms with van der Waals surface area (Å²) >= 11 is 0. The minimum Gasteiger partial charge on any atom is -0.481 e. The maximum absolute atomic E-state index is 10.7. The predicted molar refractivity (Wildman–Crippen MR) is 78.1 cm³/mol. The van der Waals surface area contributed by atoms with Crippen molar-refractivity contribution in [3.63, 3.8) is 0 Å². The molecule has 2 aromatic rings. The van der Waals surface area contributed by atoms with Crippen LogP contribution in [0.5, 0.6) is 0 Å². The van der Waals surface area contributed by atoms with Crippen molar-refractivity contribution in [3.8, 4) is 0 Å². The van der Waals surface area contributed by atoms with Gasteiger partial charge in [0.05, 0.1) is 0 Å². The van der Waals surface area contributed by atoms with Crippen LogP contribution in [0.15, 0.2) is 22.6 Å². The third kappa shape index (κ3) is 3.59. The largest absolute Gasteiger partial charge is 0.481 e. The van der Waals surface area contributed by atoms with E-state index in [1.807, 2.05) is 18.2 Å². The zero-order valence-corrected chi connectivity index (χ0v) is 11.8. The Bertz CT molecular complexity index is 630. The van der Waals surface area contributed by atoms with Gasteiger partial charge in [-0.25, -0.2) is 4.98 Å². The smallest absolute Gasteiger partial charge is 0.312 e. The number of carboxylic acid groups (broad SMARTS) is 1. The van der Waals surface area contributed by atoms with Gasteiger partial charge in [0.1, 0.15) is 11.9 Å². The fraction of sp³-hybridized carbons (Fsp3) is 0.467. The highest BCUT2D eigenvalue weighted by Gasteiger charge is 2.12. The van der Waals surface area contributed by atoms with Crippen molar-refractivity contribution in [1.82, 2.24) is 15.2 Å². The molecular formula is C15H19N3O3. The van der Waals surface area contributed by atoms with Crippen molar-refractivity contribution in [3.05, 3.63) is 29.7 Å². The van der Waals surface area contributed by atoms with E-state index in [9.17, 15) is 4.79 Å². The highest BCUT2D eigenvalue weighted by molar-refractivity contribution is 5.75. The van der Waals surface area contributed by atoms with Gasteiger partial charge in [-0.3, -0.25) is 9.69 Å². The Morgan fingerprint density at radius 3 is 3.14 bits per heavy atom. The summed E-state index contributed by atoms with van der Waals surface area (Å²) in [5.41, 5.74) is 2.56. The summed E-state index contributed by atoms with van der Waals surface area (Å²) in [5.74, 6) is -0.674. The number of carboxylic acids is 1. The van der Waals surface area contributed by atoms with E-state index in [-0.39, 0.29) is 12.3 Å². The number of benzene rings is 1. The summed E-state index contributed by atoms with van der Waals surface area (Å²) in [6, 6.07) is 5.89. The van der Waals surface area contributed by atoms with Crippen LogP contribution in [0.2, 0.25) is 0 Å². The average Bonchev–Trinajstić information content (AvgIpc) is 2.65. The van der Waals surface area contributed by atoms with Gasteiger partial charge in [0, 0.05) is 19.6 Å². The monoisotopic (exact) mass is 289 g/mol. The molecule has 0 unspecified atom stereocenters. The number of oxazole rings is 1. The minimum absolute atomic E-state index is 0.179. The maximum Gasteiger partial charge on any atom is 0.312 e. The van der Waals surface area contributed by atoms with E-state index < -0.39 is 5.97 Å². The van der Waals surface area contributed by atoms with Crippen molar-refractivity contribution in [1.29, 1.82) is 0 Å². The zero-order chi connectivity index (χ0) is 14.7. The maximum atomic E-state index is 10.7.